The number of piperidine rings is 1. The lowest BCUT2D eigenvalue weighted by Crippen LogP contribution is -2.55. The molecule has 3 heterocycles. The van der Waals surface area contributed by atoms with E-state index in [0.717, 1.165) is 6.20 Å². The first-order valence-electron chi connectivity index (χ1n) is 8.56. The van der Waals surface area contributed by atoms with Crippen molar-refractivity contribution in [2.75, 3.05) is 18.0 Å². The summed E-state index contributed by atoms with van der Waals surface area (Å²) in [5.74, 6) is -2.30. The Morgan fingerprint density at radius 3 is 2.46 bits per heavy atom. The number of aromatic nitrogens is 1. The van der Waals surface area contributed by atoms with Gasteiger partial charge in [-0.15, -0.1) is 0 Å². The number of hydrogen-bond acceptors (Lipinski definition) is 6. The van der Waals surface area contributed by atoms with Crippen molar-refractivity contribution in [3.05, 3.63) is 35.4 Å². The van der Waals surface area contributed by atoms with Crippen LogP contribution in [0.3, 0.4) is 0 Å². The van der Waals surface area contributed by atoms with Crippen molar-refractivity contribution < 1.29 is 27.5 Å². The molecule has 2 aliphatic rings. The number of alkyl halides is 3. The summed E-state index contributed by atoms with van der Waals surface area (Å²) in [6, 6.07) is 2.78. The molecule has 1 fully saturated rings. The van der Waals surface area contributed by atoms with Crippen LogP contribution in [0.15, 0.2) is 34.6 Å². The zero-order valence-electron chi connectivity index (χ0n) is 14.7. The standard InChI is InChI=1S/C17H19F4N5O2/c18-10-1-2-11(24-8-10)26-5-3-9(4-6-26)14(22)13-15(23)25-12(27)7-16(13,28)17(19,20)21/h1-2,8-9,28H,3-7,22H2,(H2,23,25,27). The highest BCUT2D eigenvalue weighted by molar-refractivity contribution is 6.09. The SMILES string of the molecule is NC1=NC(=O)CC(O)(C(F)(F)F)C1=C(N)C1CCN(c2ccc(F)cn2)CC1. The van der Waals surface area contributed by atoms with Crippen LogP contribution in [0.4, 0.5) is 23.4 Å². The van der Waals surface area contributed by atoms with Crippen LogP contribution in [0, 0.1) is 11.7 Å². The maximum absolute atomic E-state index is 13.5. The van der Waals surface area contributed by atoms with Crippen molar-refractivity contribution in [1.82, 2.24) is 4.98 Å². The number of amidine groups is 1. The number of anilines is 1. The smallest absolute Gasteiger partial charge is 0.401 e. The molecule has 1 atom stereocenters. The van der Waals surface area contributed by atoms with Gasteiger partial charge in [0.15, 0.2) is 5.60 Å². The molecule has 152 valence electrons. The van der Waals surface area contributed by atoms with Crippen LogP contribution in [-0.4, -0.2) is 46.7 Å². The molecule has 0 aliphatic carbocycles. The Labute approximate surface area is 157 Å². The number of carbonyl (C=O) groups excluding carboxylic acids is 1. The summed E-state index contributed by atoms with van der Waals surface area (Å²) < 4.78 is 53.5. The van der Waals surface area contributed by atoms with Crippen LogP contribution >= 0.6 is 0 Å². The third-order valence-electron chi connectivity index (χ3n) is 5.05. The zero-order valence-corrected chi connectivity index (χ0v) is 14.7. The minimum Gasteiger partial charge on any atom is -0.401 e. The van der Waals surface area contributed by atoms with Crippen LogP contribution < -0.4 is 16.4 Å². The number of amides is 1. The summed E-state index contributed by atoms with van der Waals surface area (Å²) >= 11 is 0. The molecule has 28 heavy (non-hydrogen) atoms. The van der Waals surface area contributed by atoms with Crippen LogP contribution in [0.5, 0.6) is 0 Å². The fourth-order valence-corrected chi connectivity index (χ4v) is 3.56. The molecule has 7 nitrogen and oxygen atoms in total. The van der Waals surface area contributed by atoms with E-state index in [1.807, 2.05) is 4.90 Å². The zero-order chi connectivity index (χ0) is 20.7. The molecule has 1 aromatic heterocycles. The van der Waals surface area contributed by atoms with Crippen molar-refractivity contribution in [3.8, 4) is 0 Å². The van der Waals surface area contributed by atoms with Gasteiger partial charge in [-0.2, -0.15) is 18.2 Å². The summed E-state index contributed by atoms with van der Waals surface area (Å²) in [4.78, 5) is 20.7. The molecule has 5 N–H and O–H groups in total. The van der Waals surface area contributed by atoms with E-state index < -0.39 is 47.2 Å². The molecule has 0 aromatic carbocycles. The van der Waals surface area contributed by atoms with Crippen molar-refractivity contribution in [1.29, 1.82) is 0 Å². The number of halogens is 4. The number of aliphatic hydroxyl groups is 1. The van der Waals surface area contributed by atoms with Crippen LogP contribution in [-0.2, 0) is 4.79 Å². The van der Waals surface area contributed by atoms with Gasteiger partial charge in [-0.05, 0) is 25.0 Å². The van der Waals surface area contributed by atoms with Gasteiger partial charge in [0.25, 0.3) is 5.91 Å². The first-order valence-corrected chi connectivity index (χ1v) is 8.56. The Morgan fingerprint density at radius 1 is 1.29 bits per heavy atom. The molecule has 3 rings (SSSR count). The molecular formula is C17H19F4N5O2. The van der Waals surface area contributed by atoms with E-state index in [-0.39, 0.29) is 5.70 Å². The van der Waals surface area contributed by atoms with E-state index >= 15 is 0 Å². The van der Waals surface area contributed by atoms with Gasteiger partial charge in [-0.3, -0.25) is 4.79 Å². The van der Waals surface area contributed by atoms with Gasteiger partial charge in [0.1, 0.15) is 17.5 Å². The number of allylic oxidation sites excluding steroid dienone is 1. The number of hydrogen-bond donors (Lipinski definition) is 3. The number of carbonyl (C=O) groups is 1. The lowest BCUT2D eigenvalue weighted by atomic mass is 9.80. The molecule has 0 saturated carbocycles. The summed E-state index contributed by atoms with van der Waals surface area (Å²) in [5, 5.41) is 10.3. The van der Waals surface area contributed by atoms with Crippen LogP contribution in [0.25, 0.3) is 0 Å². The van der Waals surface area contributed by atoms with Gasteiger partial charge >= 0.3 is 6.18 Å². The van der Waals surface area contributed by atoms with Crippen LogP contribution in [0.1, 0.15) is 19.3 Å². The topological polar surface area (TPSA) is 118 Å². The van der Waals surface area contributed by atoms with Gasteiger partial charge in [0, 0.05) is 24.7 Å². The van der Waals surface area contributed by atoms with Gasteiger partial charge in [-0.25, -0.2) is 9.37 Å². The van der Waals surface area contributed by atoms with Gasteiger partial charge in [-0.1, -0.05) is 0 Å². The van der Waals surface area contributed by atoms with E-state index in [2.05, 4.69) is 9.98 Å². The average molecular weight is 401 g/mol. The van der Waals surface area contributed by atoms with Crippen molar-refractivity contribution in [3.63, 3.8) is 0 Å². The third kappa shape index (κ3) is 3.53. The number of nitrogens with two attached hydrogens (primary N) is 2. The minimum absolute atomic E-state index is 0.222. The highest BCUT2D eigenvalue weighted by Gasteiger charge is 2.60. The van der Waals surface area contributed by atoms with E-state index in [9.17, 15) is 27.5 Å². The van der Waals surface area contributed by atoms with E-state index in [4.69, 9.17) is 11.5 Å². The Hall–Kier alpha value is -2.69. The van der Waals surface area contributed by atoms with Crippen molar-refractivity contribution in [2.24, 2.45) is 22.4 Å². The second-order valence-corrected chi connectivity index (χ2v) is 6.85. The molecule has 1 unspecified atom stereocenters. The minimum atomic E-state index is -5.14. The summed E-state index contributed by atoms with van der Waals surface area (Å²) in [5.41, 5.74) is 7.13. The lowest BCUT2D eigenvalue weighted by molar-refractivity contribution is -0.244. The second-order valence-electron chi connectivity index (χ2n) is 6.85. The second kappa shape index (κ2) is 7.04. The molecule has 0 bridgehead atoms. The molecule has 11 heteroatoms. The van der Waals surface area contributed by atoms with E-state index in [1.165, 1.54) is 12.1 Å². The Bertz CT molecular complexity index is 829. The number of nitrogens with zero attached hydrogens (tertiary/aromatic N) is 3. The fraction of sp³-hybridized carbons (Fsp3) is 0.471. The van der Waals surface area contributed by atoms with Gasteiger partial charge in [0.05, 0.1) is 18.2 Å². The summed E-state index contributed by atoms with van der Waals surface area (Å²) in [6.07, 6.45) is -4.59. The predicted molar refractivity (Wildman–Crippen MR) is 92.6 cm³/mol. The molecule has 1 saturated heterocycles. The number of aliphatic imine (C=N–C) groups is 1. The van der Waals surface area contributed by atoms with Gasteiger partial charge < -0.3 is 21.5 Å². The van der Waals surface area contributed by atoms with Crippen molar-refractivity contribution in [2.45, 2.75) is 31.0 Å². The number of pyridine rings is 1. The summed E-state index contributed by atoms with van der Waals surface area (Å²) in [7, 11) is 0. The highest BCUT2D eigenvalue weighted by Crippen LogP contribution is 2.43. The maximum Gasteiger partial charge on any atom is 0.422 e. The first-order chi connectivity index (χ1) is 13.0. The Balaban J connectivity index is 1.86. The number of rotatable bonds is 2. The van der Waals surface area contributed by atoms with Crippen LogP contribution in [0.2, 0.25) is 0 Å². The highest BCUT2D eigenvalue weighted by atomic mass is 19.4. The molecule has 2 aliphatic heterocycles. The molecular weight excluding hydrogens is 382 g/mol. The molecule has 1 aromatic rings. The van der Waals surface area contributed by atoms with Gasteiger partial charge in [0.2, 0.25) is 0 Å². The molecule has 0 radical (unpaired) electrons. The monoisotopic (exact) mass is 401 g/mol. The molecule has 0 spiro atoms. The predicted octanol–water partition coefficient (Wildman–Crippen LogP) is 1.23. The lowest BCUT2D eigenvalue weighted by Gasteiger charge is -2.38. The quantitative estimate of drug-likeness (QED) is 0.642. The van der Waals surface area contributed by atoms with E-state index in [0.29, 0.717) is 31.7 Å². The maximum atomic E-state index is 13.5. The Kier molecular flexibility index (Phi) is 5.04. The summed E-state index contributed by atoms with van der Waals surface area (Å²) in [6.45, 7) is 0.829. The van der Waals surface area contributed by atoms with Crippen molar-refractivity contribution >= 4 is 17.6 Å². The average Bonchev–Trinajstić information content (AvgIpc) is 2.60. The van der Waals surface area contributed by atoms with E-state index in [1.54, 1.807) is 0 Å². The first kappa shape index (κ1) is 20.1. The fourth-order valence-electron chi connectivity index (χ4n) is 3.56. The largest absolute Gasteiger partial charge is 0.422 e. The normalized spacial score (nSPS) is 26.2. The Morgan fingerprint density at radius 2 is 1.93 bits per heavy atom. The molecule has 1 amide bonds. The third-order valence-corrected chi connectivity index (χ3v) is 5.05.